The summed E-state index contributed by atoms with van der Waals surface area (Å²) in [6.45, 7) is 0.638. The smallest absolute Gasteiger partial charge is 0.0617 e. The van der Waals surface area contributed by atoms with E-state index in [9.17, 15) is 0 Å². The van der Waals surface area contributed by atoms with E-state index in [2.05, 4.69) is 17.5 Å². The summed E-state index contributed by atoms with van der Waals surface area (Å²) in [5.74, 6) is 0. The minimum atomic E-state index is 0.638. The molecule has 0 saturated heterocycles. The van der Waals surface area contributed by atoms with E-state index in [0.29, 0.717) is 16.6 Å². The summed E-state index contributed by atoms with van der Waals surface area (Å²) in [5, 5.41) is 4.19. The summed E-state index contributed by atoms with van der Waals surface area (Å²) in [4.78, 5) is 0. The molecule has 0 unspecified atom stereocenters. The highest BCUT2D eigenvalue weighted by atomic mass is 35.5. The fraction of sp³-hybridized carbons (Fsp3) is 0.125. The van der Waals surface area contributed by atoms with Crippen LogP contribution in [0.25, 0.3) is 0 Å². The van der Waals surface area contributed by atoms with Gasteiger partial charge in [-0.25, -0.2) is 0 Å². The lowest BCUT2D eigenvalue weighted by Gasteiger charge is -2.03. The molecule has 1 rings (SSSR count). The van der Waals surface area contributed by atoms with Crippen LogP contribution in [0, 0.1) is 0 Å². The molecule has 0 radical (unpaired) electrons. The first kappa shape index (κ1) is 9.78. The Morgan fingerprint density at radius 2 is 2.17 bits per heavy atom. The molecular formula is C8H7Cl2NS. The zero-order valence-corrected chi connectivity index (χ0v) is 8.51. The van der Waals surface area contributed by atoms with Gasteiger partial charge in [-0.05, 0) is 17.7 Å². The molecule has 0 bridgehead atoms. The first-order valence-corrected chi connectivity index (χ1v) is 4.57. The molecule has 0 aromatic heterocycles. The number of halogens is 2. The Kier molecular flexibility index (Phi) is 3.79. The number of rotatable bonds is 3. The van der Waals surface area contributed by atoms with E-state index >= 15 is 0 Å². The van der Waals surface area contributed by atoms with Crippen molar-refractivity contribution in [3.63, 3.8) is 0 Å². The lowest BCUT2D eigenvalue weighted by atomic mass is 10.2. The third-order valence-corrected chi connectivity index (χ3v) is 2.14. The fourth-order valence-corrected chi connectivity index (χ4v) is 1.38. The van der Waals surface area contributed by atoms with Crippen molar-refractivity contribution in [2.45, 2.75) is 6.54 Å². The highest BCUT2D eigenvalue weighted by Gasteiger charge is 1.98. The molecule has 0 aliphatic rings. The third-order valence-electron chi connectivity index (χ3n) is 1.39. The van der Waals surface area contributed by atoms with E-state index in [1.54, 1.807) is 12.1 Å². The molecule has 0 amide bonds. The Morgan fingerprint density at radius 3 is 2.75 bits per heavy atom. The topological polar surface area (TPSA) is 12.0 Å². The van der Waals surface area contributed by atoms with Crippen molar-refractivity contribution < 1.29 is 0 Å². The van der Waals surface area contributed by atoms with Crippen molar-refractivity contribution >= 4 is 40.9 Å². The number of nitrogens with one attached hydrogen (secondary N) is 1. The van der Waals surface area contributed by atoms with E-state index in [1.165, 1.54) is 5.49 Å². The highest BCUT2D eigenvalue weighted by Crippen LogP contribution is 2.20. The van der Waals surface area contributed by atoms with Crippen LogP contribution in [0.1, 0.15) is 5.56 Å². The van der Waals surface area contributed by atoms with Gasteiger partial charge in [-0.3, -0.25) is 0 Å². The number of hydrogen-bond donors (Lipinski definition) is 1. The zero-order valence-electron chi connectivity index (χ0n) is 6.18. The molecule has 1 aromatic carbocycles. The minimum Gasteiger partial charge on any atom is -0.378 e. The molecule has 0 heterocycles. The summed E-state index contributed by atoms with van der Waals surface area (Å²) in [7, 11) is 0. The van der Waals surface area contributed by atoms with Gasteiger partial charge < -0.3 is 5.32 Å². The van der Waals surface area contributed by atoms with Crippen LogP contribution in [0.4, 0.5) is 0 Å². The summed E-state index contributed by atoms with van der Waals surface area (Å²) >= 11 is 16.2. The van der Waals surface area contributed by atoms with Crippen LogP contribution in [0.2, 0.25) is 10.0 Å². The minimum absolute atomic E-state index is 0.638. The summed E-state index contributed by atoms with van der Waals surface area (Å²) < 4.78 is 0. The molecule has 12 heavy (non-hydrogen) atoms. The van der Waals surface area contributed by atoms with Crippen LogP contribution < -0.4 is 5.32 Å². The monoisotopic (exact) mass is 219 g/mol. The van der Waals surface area contributed by atoms with Crippen LogP contribution in [-0.4, -0.2) is 5.49 Å². The molecule has 0 aliphatic carbocycles. The van der Waals surface area contributed by atoms with E-state index in [-0.39, 0.29) is 0 Å². The van der Waals surface area contributed by atoms with E-state index in [0.717, 1.165) is 5.56 Å². The molecule has 0 aliphatic heterocycles. The Labute approximate surface area is 86.7 Å². The SMILES string of the molecule is S=CNCc1ccc(Cl)cc1Cl. The normalized spacial score (nSPS) is 9.50. The van der Waals surface area contributed by atoms with Crippen LogP contribution >= 0.6 is 35.4 Å². The Bertz CT molecular complexity index is 288. The second-order valence-electron chi connectivity index (χ2n) is 2.23. The Morgan fingerprint density at radius 1 is 1.42 bits per heavy atom. The molecule has 0 atom stereocenters. The molecule has 0 saturated carbocycles. The maximum absolute atomic E-state index is 5.89. The Hall–Kier alpha value is -0.310. The second kappa shape index (κ2) is 4.65. The van der Waals surface area contributed by atoms with Crippen molar-refractivity contribution in [2.75, 3.05) is 0 Å². The first-order chi connectivity index (χ1) is 5.74. The highest BCUT2D eigenvalue weighted by molar-refractivity contribution is 7.78. The van der Waals surface area contributed by atoms with Gasteiger partial charge in [-0.15, -0.1) is 0 Å². The van der Waals surface area contributed by atoms with Gasteiger partial charge in [0.1, 0.15) is 0 Å². The largest absolute Gasteiger partial charge is 0.378 e. The van der Waals surface area contributed by atoms with Gasteiger partial charge in [0.15, 0.2) is 0 Å². The molecule has 0 fully saturated rings. The Balaban J connectivity index is 2.78. The molecule has 0 spiro atoms. The quantitative estimate of drug-likeness (QED) is 0.785. The molecule has 1 aromatic rings. The second-order valence-corrected chi connectivity index (χ2v) is 3.31. The maximum atomic E-state index is 5.89. The fourth-order valence-electron chi connectivity index (χ4n) is 0.817. The number of hydrogen-bond acceptors (Lipinski definition) is 1. The van der Waals surface area contributed by atoms with Crippen LogP contribution in [-0.2, 0) is 6.54 Å². The number of benzene rings is 1. The molecular weight excluding hydrogens is 213 g/mol. The predicted octanol–water partition coefficient (Wildman–Crippen LogP) is 3.04. The van der Waals surface area contributed by atoms with Crippen molar-refractivity contribution in [3.8, 4) is 0 Å². The van der Waals surface area contributed by atoms with Crippen LogP contribution in [0.5, 0.6) is 0 Å². The van der Waals surface area contributed by atoms with E-state index in [1.807, 2.05) is 6.07 Å². The van der Waals surface area contributed by atoms with Crippen molar-refractivity contribution in [1.29, 1.82) is 0 Å². The maximum Gasteiger partial charge on any atom is 0.0617 e. The van der Waals surface area contributed by atoms with Gasteiger partial charge in [0.05, 0.1) is 5.49 Å². The summed E-state index contributed by atoms with van der Waals surface area (Å²) in [6, 6.07) is 5.38. The van der Waals surface area contributed by atoms with Gasteiger partial charge in [-0.2, -0.15) is 0 Å². The van der Waals surface area contributed by atoms with Crippen molar-refractivity contribution in [1.82, 2.24) is 5.32 Å². The van der Waals surface area contributed by atoms with Gasteiger partial charge in [-0.1, -0.05) is 41.5 Å². The summed E-state index contributed by atoms with van der Waals surface area (Å²) in [6.07, 6.45) is 0. The lowest BCUT2D eigenvalue weighted by Crippen LogP contribution is -2.08. The molecule has 1 N–H and O–H groups in total. The van der Waals surface area contributed by atoms with Gasteiger partial charge in [0, 0.05) is 16.6 Å². The molecule has 4 heteroatoms. The van der Waals surface area contributed by atoms with Crippen molar-refractivity contribution in [2.24, 2.45) is 0 Å². The predicted molar refractivity (Wildman–Crippen MR) is 57.0 cm³/mol. The first-order valence-electron chi connectivity index (χ1n) is 3.35. The van der Waals surface area contributed by atoms with Gasteiger partial charge in [0.2, 0.25) is 0 Å². The standard InChI is InChI=1S/C8H7Cl2NS/c9-7-2-1-6(4-11-5-12)8(10)3-7/h1-3,5H,4H2,(H,11,12). The average molecular weight is 220 g/mol. The molecule has 1 nitrogen and oxygen atoms in total. The van der Waals surface area contributed by atoms with E-state index in [4.69, 9.17) is 23.2 Å². The van der Waals surface area contributed by atoms with Crippen LogP contribution in [0.15, 0.2) is 18.2 Å². The van der Waals surface area contributed by atoms with Crippen LogP contribution in [0.3, 0.4) is 0 Å². The van der Waals surface area contributed by atoms with Gasteiger partial charge >= 0.3 is 0 Å². The number of thiocarbonyl (C=S) groups is 1. The lowest BCUT2D eigenvalue weighted by molar-refractivity contribution is 0.945. The van der Waals surface area contributed by atoms with Gasteiger partial charge in [0.25, 0.3) is 0 Å². The van der Waals surface area contributed by atoms with Crippen molar-refractivity contribution in [3.05, 3.63) is 33.8 Å². The molecule has 64 valence electrons. The van der Waals surface area contributed by atoms with E-state index < -0.39 is 0 Å². The average Bonchev–Trinajstić information content (AvgIpc) is 2.03. The summed E-state index contributed by atoms with van der Waals surface area (Å²) in [5.41, 5.74) is 2.45. The third kappa shape index (κ3) is 2.63. The zero-order chi connectivity index (χ0) is 8.97.